The van der Waals surface area contributed by atoms with Gasteiger partial charge in [0.05, 0.1) is 0 Å². The molecule has 0 saturated carbocycles. The highest BCUT2D eigenvalue weighted by Gasteiger charge is 2.19. The third kappa shape index (κ3) is 2.13. The number of thiazole rings is 1. The molecule has 2 heterocycles. The van der Waals surface area contributed by atoms with Gasteiger partial charge in [0.1, 0.15) is 11.1 Å². The van der Waals surface area contributed by atoms with Crippen molar-refractivity contribution in [2.24, 2.45) is 5.73 Å². The smallest absolute Gasteiger partial charge is 0.122 e. The number of ether oxygens (including phenoxy) is 1. The van der Waals surface area contributed by atoms with Gasteiger partial charge >= 0.3 is 0 Å². The normalized spacial score (nSPS) is 24.9. The summed E-state index contributed by atoms with van der Waals surface area (Å²) >= 11 is 1.69. The van der Waals surface area contributed by atoms with E-state index in [0.717, 1.165) is 22.9 Å². The molecule has 0 aromatic carbocycles. The molecule has 1 aromatic heterocycles. The zero-order chi connectivity index (χ0) is 9.97. The molecule has 0 radical (unpaired) electrons. The van der Waals surface area contributed by atoms with Crippen LogP contribution < -0.4 is 5.73 Å². The summed E-state index contributed by atoms with van der Waals surface area (Å²) in [5.74, 6) is 0. The number of nitrogens with two attached hydrogens (primary N) is 1. The number of rotatable bonds is 2. The van der Waals surface area contributed by atoms with Crippen molar-refractivity contribution in [1.82, 2.24) is 4.98 Å². The van der Waals surface area contributed by atoms with E-state index in [1.807, 2.05) is 13.1 Å². The van der Waals surface area contributed by atoms with E-state index < -0.39 is 0 Å². The van der Waals surface area contributed by atoms with Gasteiger partial charge in [0.15, 0.2) is 0 Å². The van der Waals surface area contributed by atoms with Crippen molar-refractivity contribution in [3.05, 3.63) is 16.1 Å². The van der Waals surface area contributed by atoms with Crippen molar-refractivity contribution in [2.75, 3.05) is 6.61 Å². The lowest BCUT2D eigenvalue weighted by Gasteiger charge is -2.20. The molecule has 0 spiro atoms. The van der Waals surface area contributed by atoms with Gasteiger partial charge in [-0.25, -0.2) is 4.98 Å². The predicted molar refractivity (Wildman–Crippen MR) is 57.3 cm³/mol. The van der Waals surface area contributed by atoms with E-state index >= 15 is 0 Å². The van der Waals surface area contributed by atoms with Crippen LogP contribution in [0.1, 0.15) is 48.2 Å². The summed E-state index contributed by atoms with van der Waals surface area (Å²) in [6.07, 6.45) is 5.63. The average Bonchev–Trinajstić information content (AvgIpc) is 2.68. The molecule has 14 heavy (non-hydrogen) atoms. The molecule has 2 unspecified atom stereocenters. The summed E-state index contributed by atoms with van der Waals surface area (Å²) in [5, 5.41) is 1.09. The van der Waals surface area contributed by atoms with E-state index in [1.54, 1.807) is 11.3 Å². The van der Waals surface area contributed by atoms with Crippen LogP contribution >= 0.6 is 11.3 Å². The zero-order valence-electron chi connectivity index (χ0n) is 8.40. The van der Waals surface area contributed by atoms with E-state index in [4.69, 9.17) is 10.5 Å². The highest BCUT2D eigenvalue weighted by Crippen LogP contribution is 2.31. The minimum Gasteiger partial charge on any atom is -0.371 e. The van der Waals surface area contributed by atoms with Gasteiger partial charge in [0.2, 0.25) is 0 Å². The van der Waals surface area contributed by atoms with Gasteiger partial charge in [-0.15, -0.1) is 11.3 Å². The molecule has 0 amide bonds. The topological polar surface area (TPSA) is 48.1 Å². The van der Waals surface area contributed by atoms with E-state index in [1.165, 1.54) is 12.8 Å². The second-order valence-electron chi connectivity index (χ2n) is 3.74. The van der Waals surface area contributed by atoms with Crippen LogP contribution in [0.25, 0.3) is 0 Å². The predicted octanol–water partition coefficient (Wildman–Crippen LogP) is 2.40. The van der Waals surface area contributed by atoms with Gasteiger partial charge in [-0.05, 0) is 26.2 Å². The third-order valence-corrected chi connectivity index (χ3v) is 3.74. The maximum absolute atomic E-state index is 5.79. The number of nitrogens with zero attached hydrogens (tertiary/aromatic N) is 1. The fraction of sp³-hybridized carbons (Fsp3) is 0.700. The zero-order valence-corrected chi connectivity index (χ0v) is 9.22. The van der Waals surface area contributed by atoms with Crippen molar-refractivity contribution >= 4 is 11.3 Å². The van der Waals surface area contributed by atoms with Gasteiger partial charge in [-0.3, -0.25) is 0 Å². The monoisotopic (exact) mass is 212 g/mol. The lowest BCUT2D eigenvalue weighted by atomic mass is 10.1. The quantitative estimate of drug-likeness (QED) is 0.819. The molecule has 2 rings (SSSR count). The molecule has 1 saturated heterocycles. The maximum atomic E-state index is 5.79. The van der Waals surface area contributed by atoms with E-state index in [9.17, 15) is 0 Å². The number of aromatic nitrogens is 1. The standard InChI is InChI=1S/C10H16N2OS/c1-7(11)9-6-12-10(14-9)8-4-2-3-5-13-8/h6-8H,2-5,11H2,1H3. The van der Waals surface area contributed by atoms with Gasteiger partial charge in [-0.1, -0.05) is 0 Å². The van der Waals surface area contributed by atoms with E-state index in [0.29, 0.717) is 0 Å². The van der Waals surface area contributed by atoms with Crippen LogP contribution in [0.3, 0.4) is 0 Å². The molecule has 0 aliphatic carbocycles. The Bertz CT molecular complexity index is 292. The largest absolute Gasteiger partial charge is 0.371 e. The highest BCUT2D eigenvalue weighted by atomic mass is 32.1. The fourth-order valence-electron chi connectivity index (χ4n) is 1.60. The van der Waals surface area contributed by atoms with Crippen LogP contribution in [-0.4, -0.2) is 11.6 Å². The van der Waals surface area contributed by atoms with Crippen LogP contribution in [0.15, 0.2) is 6.20 Å². The number of hydrogen-bond donors (Lipinski definition) is 1. The Kier molecular flexibility index (Phi) is 3.15. The van der Waals surface area contributed by atoms with E-state index in [-0.39, 0.29) is 12.1 Å². The Morgan fingerprint density at radius 1 is 1.64 bits per heavy atom. The molecule has 1 aliphatic rings. The molecular formula is C10H16N2OS. The highest BCUT2D eigenvalue weighted by molar-refractivity contribution is 7.11. The SMILES string of the molecule is CC(N)c1cnc(C2CCCCO2)s1. The fourth-order valence-corrected chi connectivity index (χ4v) is 2.55. The molecule has 2 N–H and O–H groups in total. The summed E-state index contributed by atoms with van der Waals surface area (Å²) < 4.78 is 5.66. The summed E-state index contributed by atoms with van der Waals surface area (Å²) in [6.45, 7) is 2.86. The molecule has 3 nitrogen and oxygen atoms in total. The van der Waals surface area contributed by atoms with E-state index in [2.05, 4.69) is 4.98 Å². The summed E-state index contributed by atoms with van der Waals surface area (Å²) in [7, 11) is 0. The van der Waals surface area contributed by atoms with Crippen LogP contribution in [0.5, 0.6) is 0 Å². The lowest BCUT2D eigenvalue weighted by Crippen LogP contribution is -2.10. The van der Waals surface area contributed by atoms with Crippen LogP contribution in [0.2, 0.25) is 0 Å². The molecule has 1 fully saturated rings. The summed E-state index contributed by atoms with van der Waals surface area (Å²) in [5.41, 5.74) is 5.79. The first-order valence-corrected chi connectivity index (χ1v) is 5.92. The van der Waals surface area contributed by atoms with Crippen LogP contribution in [0.4, 0.5) is 0 Å². The van der Waals surface area contributed by atoms with Gasteiger partial charge < -0.3 is 10.5 Å². The summed E-state index contributed by atoms with van der Waals surface area (Å²) in [4.78, 5) is 5.52. The minimum atomic E-state index is 0.0878. The first kappa shape index (κ1) is 10.1. The molecule has 1 aliphatic heterocycles. The first-order chi connectivity index (χ1) is 6.77. The van der Waals surface area contributed by atoms with Gasteiger partial charge in [-0.2, -0.15) is 0 Å². The second kappa shape index (κ2) is 4.38. The molecular weight excluding hydrogens is 196 g/mol. The molecule has 1 aromatic rings. The van der Waals surface area contributed by atoms with Crippen LogP contribution in [0, 0.1) is 0 Å². The average molecular weight is 212 g/mol. The van der Waals surface area contributed by atoms with Crippen molar-refractivity contribution in [1.29, 1.82) is 0 Å². The Balaban J connectivity index is 2.07. The minimum absolute atomic E-state index is 0.0878. The Morgan fingerprint density at radius 3 is 3.07 bits per heavy atom. The second-order valence-corrected chi connectivity index (χ2v) is 4.84. The summed E-state index contributed by atoms with van der Waals surface area (Å²) in [6, 6.07) is 0.0878. The molecule has 0 bridgehead atoms. The van der Waals surface area contributed by atoms with Crippen molar-refractivity contribution < 1.29 is 4.74 Å². The Morgan fingerprint density at radius 2 is 2.50 bits per heavy atom. The van der Waals surface area contributed by atoms with Crippen molar-refractivity contribution in [3.8, 4) is 0 Å². The number of hydrogen-bond acceptors (Lipinski definition) is 4. The van der Waals surface area contributed by atoms with Crippen molar-refractivity contribution in [3.63, 3.8) is 0 Å². The Labute approximate surface area is 88.3 Å². The van der Waals surface area contributed by atoms with Gasteiger partial charge in [0, 0.05) is 23.7 Å². The van der Waals surface area contributed by atoms with Crippen molar-refractivity contribution in [2.45, 2.75) is 38.3 Å². The van der Waals surface area contributed by atoms with Gasteiger partial charge in [0.25, 0.3) is 0 Å². The first-order valence-electron chi connectivity index (χ1n) is 5.10. The molecule has 4 heteroatoms. The maximum Gasteiger partial charge on any atom is 0.122 e. The Hall–Kier alpha value is -0.450. The molecule has 2 atom stereocenters. The lowest BCUT2D eigenvalue weighted by molar-refractivity contribution is 0.0148. The third-order valence-electron chi connectivity index (χ3n) is 2.45. The van der Waals surface area contributed by atoms with Crippen LogP contribution in [-0.2, 0) is 4.74 Å². The molecule has 78 valence electrons.